The molecule has 0 spiro atoms. The predicted octanol–water partition coefficient (Wildman–Crippen LogP) is 2.27. The van der Waals surface area contributed by atoms with Crippen molar-refractivity contribution in [3.05, 3.63) is 0 Å². The van der Waals surface area contributed by atoms with Crippen molar-refractivity contribution in [2.45, 2.75) is 58.6 Å². The van der Waals surface area contributed by atoms with Gasteiger partial charge in [0.15, 0.2) is 0 Å². The first-order valence-corrected chi connectivity index (χ1v) is 7.37. The molecule has 0 aromatic heterocycles. The largest absolute Gasteiger partial charge is 0.377 e. The van der Waals surface area contributed by atoms with Crippen molar-refractivity contribution in [1.82, 2.24) is 10.2 Å². The molecule has 2 atom stereocenters. The molecule has 1 aliphatic heterocycles. The summed E-state index contributed by atoms with van der Waals surface area (Å²) in [4.78, 5) is 2.58. The summed E-state index contributed by atoms with van der Waals surface area (Å²) in [7, 11) is 0. The first-order valence-electron chi connectivity index (χ1n) is 7.37. The van der Waals surface area contributed by atoms with E-state index in [1.807, 2.05) is 0 Å². The number of rotatable bonds is 7. The maximum absolute atomic E-state index is 5.82. The number of ether oxygens (including phenoxy) is 1. The van der Waals surface area contributed by atoms with Crippen molar-refractivity contribution in [2.75, 3.05) is 32.8 Å². The zero-order valence-electron chi connectivity index (χ0n) is 11.9. The third-order valence-electron chi connectivity index (χ3n) is 3.54. The highest BCUT2D eigenvalue weighted by Crippen LogP contribution is 2.09. The van der Waals surface area contributed by atoms with E-state index in [1.54, 1.807) is 0 Å². The van der Waals surface area contributed by atoms with Crippen LogP contribution >= 0.6 is 0 Å². The molecule has 1 saturated heterocycles. The lowest BCUT2D eigenvalue weighted by Gasteiger charge is -2.28. The van der Waals surface area contributed by atoms with Crippen LogP contribution in [-0.4, -0.2) is 49.8 Å². The minimum absolute atomic E-state index is 0.446. The van der Waals surface area contributed by atoms with E-state index in [1.165, 1.54) is 32.4 Å². The van der Waals surface area contributed by atoms with Gasteiger partial charge in [-0.05, 0) is 32.2 Å². The second-order valence-corrected chi connectivity index (χ2v) is 5.07. The Morgan fingerprint density at radius 1 is 1.35 bits per heavy atom. The summed E-state index contributed by atoms with van der Waals surface area (Å²) in [6.45, 7) is 12.3. The molecule has 3 heteroatoms. The van der Waals surface area contributed by atoms with Crippen molar-refractivity contribution >= 4 is 0 Å². The molecule has 0 aromatic rings. The highest BCUT2D eigenvalue weighted by atomic mass is 16.5. The summed E-state index contributed by atoms with van der Waals surface area (Å²) in [5.41, 5.74) is 0. The third kappa shape index (κ3) is 5.84. The molecule has 0 amide bonds. The van der Waals surface area contributed by atoms with E-state index in [2.05, 4.69) is 31.0 Å². The average molecular weight is 242 g/mol. The minimum atomic E-state index is 0.446. The standard InChI is InChI=1S/C14H30N2O/c1-4-8-15-13(5-2)11-16-9-7-10-17-14(6-3)12-16/h13-15H,4-12H2,1-3H3. The highest BCUT2D eigenvalue weighted by molar-refractivity contribution is 4.75. The van der Waals surface area contributed by atoms with Crippen LogP contribution in [0.2, 0.25) is 0 Å². The van der Waals surface area contributed by atoms with Gasteiger partial charge >= 0.3 is 0 Å². The second kappa shape index (κ2) is 8.90. The smallest absolute Gasteiger partial charge is 0.0699 e. The van der Waals surface area contributed by atoms with Crippen LogP contribution < -0.4 is 5.32 Å². The van der Waals surface area contributed by atoms with Crippen LogP contribution in [0.1, 0.15) is 46.5 Å². The molecule has 0 radical (unpaired) electrons. The quantitative estimate of drug-likeness (QED) is 0.741. The first kappa shape index (κ1) is 14.9. The van der Waals surface area contributed by atoms with E-state index < -0.39 is 0 Å². The van der Waals surface area contributed by atoms with Crippen molar-refractivity contribution in [2.24, 2.45) is 0 Å². The van der Waals surface area contributed by atoms with Gasteiger partial charge in [0, 0.05) is 32.3 Å². The second-order valence-electron chi connectivity index (χ2n) is 5.07. The Morgan fingerprint density at radius 3 is 2.82 bits per heavy atom. The normalized spacial score (nSPS) is 24.5. The molecule has 0 saturated carbocycles. The van der Waals surface area contributed by atoms with Gasteiger partial charge in [0.1, 0.15) is 0 Å². The Bertz CT molecular complexity index is 187. The van der Waals surface area contributed by atoms with E-state index >= 15 is 0 Å². The lowest BCUT2D eigenvalue weighted by Crippen LogP contribution is -2.43. The van der Waals surface area contributed by atoms with Crippen LogP contribution in [0.4, 0.5) is 0 Å². The summed E-state index contributed by atoms with van der Waals surface area (Å²) in [6, 6.07) is 0.644. The summed E-state index contributed by atoms with van der Waals surface area (Å²) < 4.78 is 5.82. The van der Waals surface area contributed by atoms with Crippen LogP contribution in [0.3, 0.4) is 0 Å². The molecule has 17 heavy (non-hydrogen) atoms. The number of nitrogens with one attached hydrogen (secondary N) is 1. The van der Waals surface area contributed by atoms with Crippen molar-refractivity contribution in [1.29, 1.82) is 0 Å². The van der Waals surface area contributed by atoms with E-state index in [0.717, 1.165) is 26.1 Å². The molecule has 1 rings (SSSR count). The fourth-order valence-electron chi connectivity index (χ4n) is 2.38. The van der Waals surface area contributed by atoms with Crippen molar-refractivity contribution in [3.63, 3.8) is 0 Å². The molecule has 1 N–H and O–H groups in total. The Kier molecular flexibility index (Phi) is 7.82. The van der Waals surface area contributed by atoms with Crippen LogP contribution in [-0.2, 0) is 4.74 Å². The zero-order valence-corrected chi connectivity index (χ0v) is 11.9. The van der Waals surface area contributed by atoms with Crippen molar-refractivity contribution in [3.8, 4) is 0 Å². The summed E-state index contributed by atoms with van der Waals surface area (Å²) in [6.07, 6.45) is 5.20. The third-order valence-corrected chi connectivity index (χ3v) is 3.54. The monoisotopic (exact) mass is 242 g/mol. The van der Waals surface area contributed by atoms with E-state index in [9.17, 15) is 0 Å². The topological polar surface area (TPSA) is 24.5 Å². The van der Waals surface area contributed by atoms with Crippen LogP contribution in [0.15, 0.2) is 0 Å². The Labute approximate surface area is 107 Å². The SMILES string of the molecule is CCCNC(CC)CN1CCCOC(CC)C1. The molecule has 102 valence electrons. The van der Waals surface area contributed by atoms with Gasteiger partial charge in [0.05, 0.1) is 6.10 Å². The van der Waals surface area contributed by atoms with E-state index in [4.69, 9.17) is 4.74 Å². The maximum atomic E-state index is 5.82. The minimum Gasteiger partial charge on any atom is -0.377 e. The molecular formula is C14H30N2O. The summed E-state index contributed by atoms with van der Waals surface area (Å²) in [5.74, 6) is 0. The number of hydrogen-bond acceptors (Lipinski definition) is 3. The van der Waals surface area contributed by atoms with Gasteiger partial charge in [-0.15, -0.1) is 0 Å². The van der Waals surface area contributed by atoms with Crippen molar-refractivity contribution < 1.29 is 4.74 Å². The number of hydrogen-bond donors (Lipinski definition) is 1. The molecule has 0 bridgehead atoms. The molecule has 0 aliphatic carbocycles. The maximum Gasteiger partial charge on any atom is 0.0699 e. The predicted molar refractivity (Wildman–Crippen MR) is 73.5 cm³/mol. The van der Waals surface area contributed by atoms with Gasteiger partial charge in [-0.2, -0.15) is 0 Å². The van der Waals surface area contributed by atoms with Gasteiger partial charge < -0.3 is 10.1 Å². The Morgan fingerprint density at radius 2 is 2.18 bits per heavy atom. The summed E-state index contributed by atoms with van der Waals surface area (Å²) >= 11 is 0. The van der Waals surface area contributed by atoms with Gasteiger partial charge in [-0.25, -0.2) is 0 Å². The highest BCUT2D eigenvalue weighted by Gasteiger charge is 2.19. The molecule has 3 nitrogen and oxygen atoms in total. The molecule has 1 aliphatic rings. The molecule has 1 fully saturated rings. The Balaban J connectivity index is 2.35. The van der Waals surface area contributed by atoms with Crippen LogP contribution in [0, 0.1) is 0 Å². The first-order chi connectivity index (χ1) is 8.30. The van der Waals surface area contributed by atoms with Gasteiger partial charge in [0.2, 0.25) is 0 Å². The fourth-order valence-corrected chi connectivity index (χ4v) is 2.38. The Hall–Kier alpha value is -0.120. The molecule has 2 unspecified atom stereocenters. The van der Waals surface area contributed by atoms with Gasteiger partial charge in [-0.1, -0.05) is 20.8 Å². The van der Waals surface area contributed by atoms with E-state index in [-0.39, 0.29) is 0 Å². The van der Waals surface area contributed by atoms with Crippen LogP contribution in [0.25, 0.3) is 0 Å². The van der Waals surface area contributed by atoms with Gasteiger partial charge in [0.25, 0.3) is 0 Å². The van der Waals surface area contributed by atoms with Crippen LogP contribution in [0.5, 0.6) is 0 Å². The lowest BCUT2D eigenvalue weighted by molar-refractivity contribution is 0.0507. The fraction of sp³-hybridized carbons (Fsp3) is 1.00. The summed E-state index contributed by atoms with van der Waals surface area (Å²) in [5, 5.41) is 3.64. The average Bonchev–Trinajstić information content (AvgIpc) is 2.59. The molecule has 1 heterocycles. The molecule has 0 aromatic carbocycles. The lowest BCUT2D eigenvalue weighted by atomic mass is 10.2. The van der Waals surface area contributed by atoms with Gasteiger partial charge in [-0.3, -0.25) is 4.90 Å². The number of nitrogens with zero attached hydrogens (tertiary/aromatic N) is 1. The van der Waals surface area contributed by atoms with E-state index in [0.29, 0.717) is 12.1 Å². The zero-order chi connectivity index (χ0) is 12.5. The molecular weight excluding hydrogens is 212 g/mol.